The third kappa shape index (κ3) is 3.32. The zero-order valence-corrected chi connectivity index (χ0v) is 13.3. The van der Waals surface area contributed by atoms with Gasteiger partial charge in [-0.25, -0.2) is 9.97 Å². The van der Waals surface area contributed by atoms with E-state index in [1.807, 2.05) is 6.07 Å². The van der Waals surface area contributed by atoms with Crippen LogP contribution in [0.5, 0.6) is 0 Å². The van der Waals surface area contributed by atoms with Crippen molar-refractivity contribution in [1.29, 1.82) is 0 Å². The fourth-order valence-electron chi connectivity index (χ4n) is 2.42. The third-order valence-electron chi connectivity index (χ3n) is 3.85. The molecule has 0 aromatic carbocycles. The fourth-order valence-corrected chi connectivity index (χ4v) is 2.42. The molecule has 3 rings (SSSR count). The first-order chi connectivity index (χ1) is 10.5. The van der Waals surface area contributed by atoms with Crippen LogP contribution in [0.1, 0.15) is 26.5 Å². The van der Waals surface area contributed by atoms with Gasteiger partial charge in [0.1, 0.15) is 12.1 Å². The molecule has 1 fully saturated rings. The van der Waals surface area contributed by atoms with Crippen molar-refractivity contribution in [2.24, 2.45) is 5.92 Å². The SMILES string of the molecule is CC(C)(C)c1ccc(N2CC(CNc3ccncn3)C2)nn1. The minimum Gasteiger partial charge on any atom is -0.370 e. The lowest BCUT2D eigenvalue weighted by atomic mass is 9.92. The number of nitrogens with zero attached hydrogens (tertiary/aromatic N) is 5. The van der Waals surface area contributed by atoms with Crippen LogP contribution in [0, 0.1) is 5.92 Å². The smallest absolute Gasteiger partial charge is 0.151 e. The maximum atomic E-state index is 4.35. The van der Waals surface area contributed by atoms with Crippen LogP contribution in [0.2, 0.25) is 0 Å². The Morgan fingerprint density at radius 3 is 2.59 bits per heavy atom. The molecule has 22 heavy (non-hydrogen) atoms. The molecule has 0 amide bonds. The second kappa shape index (κ2) is 5.87. The average Bonchev–Trinajstić information content (AvgIpc) is 2.46. The third-order valence-corrected chi connectivity index (χ3v) is 3.85. The molecule has 0 unspecified atom stereocenters. The van der Waals surface area contributed by atoms with Crippen LogP contribution < -0.4 is 10.2 Å². The van der Waals surface area contributed by atoms with Gasteiger partial charge >= 0.3 is 0 Å². The van der Waals surface area contributed by atoms with Crippen LogP contribution in [0.25, 0.3) is 0 Å². The van der Waals surface area contributed by atoms with Gasteiger partial charge in [-0.15, -0.1) is 5.10 Å². The van der Waals surface area contributed by atoms with E-state index in [2.05, 4.69) is 63.3 Å². The van der Waals surface area contributed by atoms with Gasteiger partial charge in [0.2, 0.25) is 0 Å². The summed E-state index contributed by atoms with van der Waals surface area (Å²) in [6, 6.07) is 6.03. The zero-order chi connectivity index (χ0) is 15.6. The molecule has 1 aliphatic heterocycles. The first-order valence-electron chi connectivity index (χ1n) is 7.61. The Morgan fingerprint density at radius 1 is 1.18 bits per heavy atom. The Balaban J connectivity index is 1.49. The lowest BCUT2D eigenvalue weighted by Crippen LogP contribution is -2.50. The largest absolute Gasteiger partial charge is 0.370 e. The fraction of sp³-hybridized carbons (Fsp3) is 0.500. The summed E-state index contributed by atoms with van der Waals surface area (Å²) in [5.41, 5.74) is 1.07. The molecule has 1 saturated heterocycles. The average molecular weight is 298 g/mol. The highest BCUT2D eigenvalue weighted by Crippen LogP contribution is 2.25. The number of nitrogens with one attached hydrogen (secondary N) is 1. The second-order valence-corrected chi connectivity index (χ2v) is 6.77. The van der Waals surface area contributed by atoms with E-state index in [-0.39, 0.29) is 5.41 Å². The van der Waals surface area contributed by atoms with Crippen LogP contribution >= 0.6 is 0 Å². The molecule has 2 aromatic heterocycles. The molecule has 0 bridgehead atoms. The molecule has 116 valence electrons. The summed E-state index contributed by atoms with van der Waals surface area (Å²) < 4.78 is 0. The minimum atomic E-state index is 0.0461. The van der Waals surface area contributed by atoms with E-state index < -0.39 is 0 Å². The van der Waals surface area contributed by atoms with Crippen molar-refractivity contribution in [3.05, 3.63) is 36.4 Å². The van der Waals surface area contributed by atoms with E-state index in [0.29, 0.717) is 5.92 Å². The summed E-state index contributed by atoms with van der Waals surface area (Å²) in [6.45, 7) is 9.36. The summed E-state index contributed by atoms with van der Waals surface area (Å²) >= 11 is 0. The summed E-state index contributed by atoms with van der Waals surface area (Å²) in [7, 11) is 0. The van der Waals surface area contributed by atoms with E-state index in [1.165, 1.54) is 0 Å². The van der Waals surface area contributed by atoms with Crippen molar-refractivity contribution in [3.63, 3.8) is 0 Å². The van der Waals surface area contributed by atoms with Crippen LogP contribution in [0.3, 0.4) is 0 Å². The van der Waals surface area contributed by atoms with Crippen molar-refractivity contribution < 1.29 is 0 Å². The minimum absolute atomic E-state index is 0.0461. The number of anilines is 2. The molecule has 1 aliphatic rings. The maximum absolute atomic E-state index is 4.35. The zero-order valence-electron chi connectivity index (χ0n) is 13.3. The molecule has 0 atom stereocenters. The Labute approximate surface area is 131 Å². The van der Waals surface area contributed by atoms with Crippen LogP contribution in [-0.2, 0) is 5.41 Å². The molecule has 0 aliphatic carbocycles. The van der Waals surface area contributed by atoms with E-state index in [4.69, 9.17) is 0 Å². The summed E-state index contributed by atoms with van der Waals surface area (Å²) in [4.78, 5) is 10.3. The second-order valence-electron chi connectivity index (χ2n) is 6.77. The van der Waals surface area contributed by atoms with Crippen LogP contribution in [0.4, 0.5) is 11.6 Å². The highest BCUT2D eigenvalue weighted by molar-refractivity contribution is 5.42. The summed E-state index contributed by atoms with van der Waals surface area (Å²) in [6.07, 6.45) is 3.30. The highest BCUT2D eigenvalue weighted by atomic mass is 15.3. The number of aromatic nitrogens is 4. The molecule has 0 spiro atoms. The van der Waals surface area contributed by atoms with Crippen molar-refractivity contribution in [2.45, 2.75) is 26.2 Å². The first-order valence-corrected chi connectivity index (χ1v) is 7.61. The molecular weight excluding hydrogens is 276 g/mol. The van der Waals surface area contributed by atoms with Gasteiger partial charge in [0, 0.05) is 37.2 Å². The molecule has 6 heteroatoms. The van der Waals surface area contributed by atoms with E-state index in [1.54, 1.807) is 12.5 Å². The van der Waals surface area contributed by atoms with Gasteiger partial charge < -0.3 is 10.2 Å². The van der Waals surface area contributed by atoms with Gasteiger partial charge in [-0.3, -0.25) is 0 Å². The molecule has 2 aromatic rings. The standard InChI is InChI=1S/C16H22N6/c1-16(2,3)13-4-5-15(21-20-13)22-9-12(10-22)8-18-14-6-7-17-11-19-14/h4-7,11-12H,8-10H2,1-3H3,(H,17,18,19). The molecule has 1 N–H and O–H groups in total. The van der Waals surface area contributed by atoms with Crippen molar-refractivity contribution in [1.82, 2.24) is 20.2 Å². The molecule has 0 saturated carbocycles. The summed E-state index contributed by atoms with van der Waals surface area (Å²) in [5, 5.41) is 12.0. The topological polar surface area (TPSA) is 66.8 Å². The van der Waals surface area contributed by atoms with Crippen LogP contribution in [0.15, 0.2) is 30.7 Å². The first kappa shape index (κ1) is 14.7. The molecule has 3 heterocycles. The van der Waals surface area contributed by atoms with Gasteiger partial charge in [0.15, 0.2) is 5.82 Å². The Kier molecular flexibility index (Phi) is 3.92. The number of hydrogen-bond donors (Lipinski definition) is 1. The predicted octanol–water partition coefficient (Wildman–Crippen LogP) is 2.11. The Bertz CT molecular complexity index is 599. The van der Waals surface area contributed by atoms with E-state index >= 15 is 0 Å². The molecule has 0 radical (unpaired) electrons. The van der Waals surface area contributed by atoms with Crippen molar-refractivity contribution >= 4 is 11.6 Å². The monoisotopic (exact) mass is 298 g/mol. The van der Waals surface area contributed by atoms with Crippen molar-refractivity contribution in [2.75, 3.05) is 29.9 Å². The maximum Gasteiger partial charge on any atom is 0.151 e. The lowest BCUT2D eigenvalue weighted by Gasteiger charge is -2.40. The number of rotatable bonds is 4. The van der Waals surface area contributed by atoms with Crippen molar-refractivity contribution in [3.8, 4) is 0 Å². The van der Waals surface area contributed by atoms with E-state index in [9.17, 15) is 0 Å². The quantitative estimate of drug-likeness (QED) is 0.932. The van der Waals surface area contributed by atoms with E-state index in [0.717, 1.165) is 37.0 Å². The molecular formula is C16H22N6. The molecule has 6 nitrogen and oxygen atoms in total. The van der Waals surface area contributed by atoms with Gasteiger partial charge in [-0.05, 0) is 18.2 Å². The Hall–Kier alpha value is -2.24. The normalized spacial score (nSPS) is 15.5. The highest BCUT2D eigenvalue weighted by Gasteiger charge is 2.28. The lowest BCUT2D eigenvalue weighted by molar-refractivity contribution is 0.424. The van der Waals surface area contributed by atoms with Gasteiger partial charge in [0.05, 0.1) is 5.69 Å². The van der Waals surface area contributed by atoms with Crippen LogP contribution in [-0.4, -0.2) is 39.8 Å². The van der Waals surface area contributed by atoms with Gasteiger partial charge in [0.25, 0.3) is 0 Å². The predicted molar refractivity (Wildman–Crippen MR) is 87.0 cm³/mol. The Morgan fingerprint density at radius 2 is 2.00 bits per heavy atom. The van der Waals surface area contributed by atoms with Gasteiger partial charge in [-0.1, -0.05) is 20.8 Å². The summed E-state index contributed by atoms with van der Waals surface area (Å²) in [5.74, 6) is 2.45. The number of hydrogen-bond acceptors (Lipinski definition) is 6. The van der Waals surface area contributed by atoms with Gasteiger partial charge in [-0.2, -0.15) is 5.10 Å².